The van der Waals surface area contributed by atoms with E-state index in [1.165, 1.54) is 31.9 Å². The van der Waals surface area contributed by atoms with Crippen LogP contribution >= 0.6 is 0 Å². The fourth-order valence-electron chi connectivity index (χ4n) is 2.83. The van der Waals surface area contributed by atoms with Crippen molar-refractivity contribution in [2.45, 2.75) is 39.2 Å². The summed E-state index contributed by atoms with van der Waals surface area (Å²) in [5.74, 6) is 0.673. The smallest absolute Gasteiger partial charge is 0.309 e. The number of carbonyl (C=O) groups is 1. The lowest BCUT2D eigenvalue weighted by molar-refractivity contribution is -0.139. The average Bonchev–Trinajstić information content (AvgIpc) is 2.66. The van der Waals surface area contributed by atoms with Gasteiger partial charge in [-0.2, -0.15) is 0 Å². The average molecular weight is 275 g/mol. The molecule has 1 aromatic rings. The minimum Gasteiger partial charge on any atom is -0.469 e. The highest BCUT2D eigenvalue weighted by atomic mass is 16.5. The van der Waals surface area contributed by atoms with Gasteiger partial charge in [-0.05, 0) is 49.4 Å². The van der Waals surface area contributed by atoms with Crippen LogP contribution in [0.2, 0.25) is 0 Å². The molecule has 1 aliphatic rings. The molecule has 1 fully saturated rings. The zero-order valence-corrected chi connectivity index (χ0v) is 12.6. The van der Waals surface area contributed by atoms with E-state index in [-0.39, 0.29) is 5.97 Å². The number of esters is 1. The predicted molar refractivity (Wildman–Crippen MR) is 80.5 cm³/mol. The summed E-state index contributed by atoms with van der Waals surface area (Å²) in [5.41, 5.74) is 2.35. The topological polar surface area (TPSA) is 29.5 Å². The maximum atomic E-state index is 11.5. The molecule has 0 aliphatic carbocycles. The van der Waals surface area contributed by atoms with Gasteiger partial charge in [-0.3, -0.25) is 9.69 Å². The summed E-state index contributed by atoms with van der Waals surface area (Å²) in [5, 5.41) is 0. The summed E-state index contributed by atoms with van der Waals surface area (Å²) >= 11 is 0. The second-order valence-corrected chi connectivity index (χ2v) is 5.83. The van der Waals surface area contributed by atoms with Gasteiger partial charge in [0, 0.05) is 6.54 Å². The van der Waals surface area contributed by atoms with E-state index < -0.39 is 0 Å². The SMILES string of the molecule is COC(=O)Cc1ccccc1CN1CCCC(C)CC1. The van der Waals surface area contributed by atoms with E-state index in [0.29, 0.717) is 6.42 Å². The molecule has 1 heterocycles. The molecule has 0 amide bonds. The third-order valence-electron chi connectivity index (χ3n) is 4.18. The molecule has 20 heavy (non-hydrogen) atoms. The number of nitrogens with zero attached hydrogens (tertiary/aromatic N) is 1. The number of benzene rings is 1. The van der Waals surface area contributed by atoms with Crippen LogP contribution in [0.25, 0.3) is 0 Å². The first-order chi connectivity index (χ1) is 9.69. The van der Waals surface area contributed by atoms with Crippen molar-refractivity contribution in [3.63, 3.8) is 0 Å². The van der Waals surface area contributed by atoms with Crippen LogP contribution < -0.4 is 0 Å². The summed E-state index contributed by atoms with van der Waals surface area (Å²) in [7, 11) is 1.45. The molecule has 110 valence electrons. The largest absolute Gasteiger partial charge is 0.469 e. The van der Waals surface area contributed by atoms with Gasteiger partial charge in [0.1, 0.15) is 0 Å². The Labute approximate surface area is 121 Å². The van der Waals surface area contributed by atoms with E-state index >= 15 is 0 Å². The molecule has 3 heteroatoms. The molecule has 0 N–H and O–H groups in total. The third kappa shape index (κ3) is 4.34. The monoisotopic (exact) mass is 275 g/mol. The maximum Gasteiger partial charge on any atom is 0.309 e. The molecule has 3 nitrogen and oxygen atoms in total. The molecule has 1 aromatic carbocycles. The van der Waals surface area contributed by atoms with Crippen molar-refractivity contribution < 1.29 is 9.53 Å². The van der Waals surface area contributed by atoms with Crippen molar-refractivity contribution in [2.24, 2.45) is 5.92 Å². The Morgan fingerprint density at radius 2 is 2.00 bits per heavy atom. The minimum absolute atomic E-state index is 0.165. The van der Waals surface area contributed by atoms with Crippen molar-refractivity contribution in [1.82, 2.24) is 4.90 Å². The number of likely N-dealkylation sites (tertiary alicyclic amines) is 1. The standard InChI is InChI=1S/C17H25NO2/c1-14-6-5-10-18(11-9-14)13-16-8-4-3-7-15(16)12-17(19)20-2/h3-4,7-8,14H,5-6,9-13H2,1-2H3. The first-order valence-electron chi connectivity index (χ1n) is 7.55. The molecule has 1 saturated heterocycles. The van der Waals surface area contributed by atoms with Crippen LogP contribution in [0.15, 0.2) is 24.3 Å². The van der Waals surface area contributed by atoms with Crippen molar-refractivity contribution in [2.75, 3.05) is 20.2 Å². The van der Waals surface area contributed by atoms with Crippen LogP contribution in [-0.4, -0.2) is 31.1 Å². The number of rotatable bonds is 4. The van der Waals surface area contributed by atoms with Gasteiger partial charge in [0.25, 0.3) is 0 Å². The van der Waals surface area contributed by atoms with Crippen LogP contribution in [0.5, 0.6) is 0 Å². The Morgan fingerprint density at radius 3 is 2.75 bits per heavy atom. The lowest BCUT2D eigenvalue weighted by Gasteiger charge is -2.21. The fraction of sp³-hybridized carbons (Fsp3) is 0.588. The Balaban J connectivity index is 2.02. The highest BCUT2D eigenvalue weighted by molar-refractivity contribution is 5.72. The lowest BCUT2D eigenvalue weighted by Crippen LogP contribution is -2.25. The first-order valence-corrected chi connectivity index (χ1v) is 7.55. The number of ether oxygens (including phenoxy) is 1. The molecule has 0 saturated carbocycles. The Hall–Kier alpha value is -1.35. The van der Waals surface area contributed by atoms with Gasteiger partial charge in [0.15, 0.2) is 0 Å². The maximum absolute atomic E-state index is 11.5. The Bertz CT molecular complexity index is 444. The molecule has 1 unspecified atom stereocenters. The number of carbonyl (C=O) groups excluding carboxylic acids is 1. The van der Waals surface area contributed by atoms with Crippen LogP contribution in [0, 0.1) is 5.92 Å². The molecule has 1 aliphatic heterocycles. The molecule has 0 spiro atoms. The van der Waals surface area contributed by atoms with E-state index in [2.05, 4.69) is 24.0 Å². The highest BCUT2D eigenvalue weighted by Crippen LogP contribution is 2.19. The van der Waals surface area contributed by atoms with Crippen LogP contribution in [0.4, 0.5) is 0 Å². The van der Waals surface area contributed by atoms with Crippen molar-refractivity contribution >= 4 is 5.97 Å². The number of hydrogen-bond acceptors (Lipinski definition) is 3. The van der Waals surface area contributed by atoms with Gasteiger partial charge < -0.3 is 4.74 Å². The van der Waals surface area contributed by atoms with E-state index in [4.69, 9.17) is 4.74 Å². The van der Waals surface area contributed by atoms with Crippen molar-refractivity contribution in [1.29, 1.82) is 0 Å². The van der Waals surface area contributed by atoms with Crippen LogP contribution in [0.1, 0.15) is 37.3 Å². The van der Waals surface area contributed by atoms with Gasteiger partial charge in [0.05, 0.1) is 13.5 Å². The predicted octanol–water partition coefficient (Wildman–Crippen LogP) is 3.02. The molecular weight excluding hydrogens is 250 g/mol. The summed E-state index contributed by atoms with van der Waals surface area (Å²) in [6.45, 7) is 5.61. The van der Waals surface area contributed by atoms with E-state index in [0.717, 1.165) is 31.1 Å². The van der Waals surface area contributed by atoms with Gasteiger partial charge in [-0.25, -0.2) is 0 Å². The molecule has 2 rings (SSSR count). The summed E-state index contributed by atoms with van der Waals surface area (Å²) < 4.78 is 4.78. The summed E-state index contributed by atoms with van der Waals surface area (Å²) in [4.78, 5) is 14.0. The zero-order valence-electron chi connectivity index (χ0n) is 12.6. The summed E-state index contributed by atoms with van der Waals surface area (Å²) in [6, 6.07) is 8.21. The van der Waals surface area contributed by atoms with Gasteiger partial charge >= 0.3 is 5.97 Å². The quantitative estimate of drug-likeness (QED) is 0.791. The highest BCUT2D eigenvalue weighted by Gasteiger charge is 2.15. The van der Waals surface area contributed by atoms with Crippen molar-refractivity contribution in [3.8, 4) is 0 Å². The van der Waals surface area contributed by atoms with Crippen LogP contribution in [0.3, 0.4) is 0 Å². The first kappa shape index (κ1) is 15.0. The minimum atomic E-state index is -0.165. The third-order valence-corrected chi connectivity index (χ3v) is 4.18. The molecule has 0 bridgehead atoms. The number of methoxy groups -OCH3 is 1. The van der Waals surface area contributed by atoms with Crippen molar-refractivity contribution in [3.05, 3.63) is 35.4 Å². The van der Waals surface area contributed by atoms with E-state index in [9.17, 15) is 4.79 Å². The number of hydrogen-bond donors (Lipinski definition) is 0. The van der Waals surface area contributed by atoms with Crippen LogP contribution in [-0.2, 0) is 22.5 Å². The Kier molecular flexibility index (Phi) is 5.60. The Morgan fingerprint density at radius 1 is 1.25 bits per heavy atom. The molecular formula is C17H25NO2. The lowest BCUT2D eigenvalue weighted by atomic mass is 10.0. The second kappa shape index (κ2) is 7.44. The molecule has 1 atom stereocenters. The second-order valence-electron chi connectivity index (χ2n) is 5.83. The molecule has 0 aromatic heterocycles. The zero-order chi connectivity index (χ0) is 14.4. The fourth-order valence-corrected chi connectivity index (χ4v) is 2.83. The van der Waals surface area contributed by atoms with Gasteiger partial charge in [0.2, 0.25) is 0 Å². The normalized spacial score (nSPS) is 20.4. The van der Waals surface area contributed by atoms with Gasteiger partial charge in [-0.1, -0.05) is 31.2 Å². The summed E-state index contributed by atoms with van der Waals surface area (Å²) in [6.07, 6.45) is 4.26. The van der Waals surface area contributed by atoms with E-state index in [1.54, 1.807) is 0 Å². The molecule has 0 radical (unpaired) electrons. The van der Waals surface area contributed by atoms with E-state index in [1.807, 2.05) is 12.1 Å². The van der Waals surface area contributed by atoms with Gasteiger partial charge in [-0.15, -0.1) is 0 Å².